The van der Waals surface area contributed by atoms with Gasteiger partial charge in [0.1, 0.15) is 11.5 Å². The summed E-state index contributed by atoms with van der Waals surface area (Å²) in [5, 5.41) is 0. The topological polar surface area (TPSA) is 78.9 Å². The summed E-state index contributed by atoms with van der Waals surface area (Å²) in [6, 6.07) is 10.9. The van der Waals surface area contributed by atoms with Gasteiger partial charge >= 0.3 is 17.9 Å². The van der Waals surface area contributed by atoms with Gasteiger partial charge < -0.3 is 14.2 Å². The van der Waals surface area contributed by atoms with Crippen LogP contribution in [0.25, 0.3) is 11.1 Å². The van der Waals surface area contributed by atoms with E-state index in [2.05, 4.69) is 19.7 Å². The van der Waals surface area contributed by atoms with Gasteiger partial charge in [-0.25, -0.2) is 14.4 Å². The van der Waals surface area contributed by atoms with E-state index < -0.39 is 17.9 Å². The molecular formula is C27H26O6. The molecule has 1 aliphatic carbocycles. The van der Waals surface area contributed by atoms with Gasteiger partial charge in [-0.2, -0.15) is 0 Å². The Bertz CT molecular complexity index is 1110. The lowest BCUT2D eigenvalue weighted by Gasteiger charge is -2.14. The summed E-state index contributed by atoms with van der Waals surface area (Å²) in [5.41, 5.74) is 4.32. The highest BCUT2D eigenvalue weighted by molar-refractivity contribution is 5.90. The molecule has 0 fully saturated rings. The molecule has 1 unspecified atom stereocenters. The molecule has 2 aromatic rings. The minimum atomic E-state index is -0.581. The van der Waals surface area contributed by atoms with Crippen LogP contribution in [0.3, 0.4) is 0 Å². The van der Waals surface area contributed by atoms with Crippen LogP contribution in [0.5, 0.6) is 11.5 Å². The SMILES string of the molecule is C=CC(=O)OCC1CCc2ccc(-c3cc(OC(=O)C(=C)C)cc(OC(=O)C(=C)C)c3)cc21. The van der Waals surface area contributed by atoms with Gasteiger partial charge in [-0.05, 0) is 61.1 Å². The van der Waals surface area contributed by atoms with Crippen LogP contribution < -0.4 is 9.47 Å². The fourth-order valence-electron chi connectivity index (χ4n) is 3.53. The van der Waals surface area contributed by atoms with E-state index in [1.165, 1.54) is 11.6 Å². The average Bonchev–Trinajstić information content (AvgIpc) is 3.19. The predicted molar refractivity (Wildman–Crippen MR) is 125 cm³/mol. The monoisotopic (exact) mass is 446 g/mol. The van der Waals surface area contributed by atoms with Crippen LogP contribution in [-0.4, -0.2) is 24.5 Å². The molecule has 1 aliphatic rings. The number of esters is 3. The van der Waals surface area contributed by atoms with Gasteiger partial charge in [-0.1, -0.05) is 37.9 Å². The quantitative estimate of drug-likeness (QED) is 0.320. The lowest BCUT2D eigenvalue weighted by Crippen LogP contribution is -2.10. The Labute approximate surface area is 193 Å². The van der Waals surface area contributed by atoms with Crippen LogP contribution in [0.2, 0.25) is 0 Å². The van der Waals surface area contributed by atoms with Crippen LogP contribution in [0.15, 0.2) is 73.4 Å². The number of rotatable bonds is 8. The highest BCUT2D eigenvalue weighted by atomic mass is 16.5. The van der Waals surface area contributed by atoms with Crippen LogP contribution in [0.1, 0.15) is 37.3 Å². The number of aryl methyl sites for hydroxylation is 1. The van der Waals surface area contributed by atoms with Crippen molar-refractivity contribution in [3.05, 3.63) is 84.5 Å². The summed E-state index contributed by atoms with van der Waals surface area (Å²) >= 11 is 0. The van der Waals surface area contributed by atoms with Crippen molar-refractivity contribution < 1.29 is 28.6 Å². The Morgan fingerprint density at radius 2 is 1.55 bits per heavy atom. The Morgan fingerprint density at radius 1 is 0.939 bits per heavy atom. The number of hydrogen-bond donors (Lipinski definition) is 0. The fourth-order valence-corrected chi connectivity index (χ4v) is 3.53. The van der Waals surface area contributed by atoms with Gasteiger partial charge in [-0.15, -0.1) is 0 Å². The molecule has 3 rings (SSSR count). The van der Waals surface area contributed by atoms with E-state index in [4.69, 9.17) is 14.2 Å². The Kier molecular flexibility index (Phi) is 7.28. The Morgan fingerprint density at radius 3 is 2.09 bits per heavy atom. The normalized spacial score (nSPS) is 14.1. The van der Waals surface area contributed by atoms with Gasteiger partial charge in [0.15, 0.2) is 0 Å². The largest absolute Gasteiger partial charge is 0.462 e. The summed E-state index contributed by atoms with van der Waals surface area (Å²) in [5.74, 6) is -1.08. The number of carbonyl (C=O) groups is 3. The molecule has 6 nitrogen and oxygen atoms in total. The second-order valence-electron chi connectivity index (χ2n) is 8.02. The van der Waals surface area contributed by atoms with Crippen molar-refractivity contribution in [2.24, 2.45) is 0 Å². The van der Waals surface area contributed by atoms with Gasteiger partial charge in [0.25, 0.3) is 0 Å². The van der Waals surface area contributed by atoms with Gasteiger partial charge in [0.2, 0.25) is 0 Å². The van der Waals surface area contributed by atoms with Crippen molar-refractivity contribution in [2.75, 3.05) is 6.61 Å². The number of ether oxygens (including phenoxy) is 3. The first-order valence-corrected chi connectivity index (χ1v) is 10.5. The summed E-state index contributed by atoms with van der Waals surface area (Å²) in [6.45, 7) is 14.0. The zero-order chi connectivity index (χ0) is 24.1. The molecule has 0 amide bonds. The third kappa shape index (κ3) is 5.86. The highest BCUT2D eigenvalue weighted by Gasteiger charge is 2.24. The first-order chi connectivity index (χ1) is 15.7. The third-order valence-corrected chi connectivity index (χ3v) is 5.27. The summed E-state index contributed by atoms with van der Waals surface area (Å²) < 4.78 is 16.0. The average molecular weight is 446 g/mol. The molecule has 0 saturated carbocycles. The lowest BCUT2D eigenvalue weighted by molar-refractivity contribution is -0.138. The molecule has 33 heavy (non-hydrogen) atoms. The van der Waals surface area contributed by atoms with E-state index in [0.29, 0.717) is 5.56 Å². The molecule has 0 aromatic heterocycles. The molecule has 6 heteroatoms. The number of hydrogen-bond acceptors (Lipinski definition) is 6. The zero-order valence-corrected chi connectivity index (χ0v) is 18.8. The van der Waals surface area contributed by atoms with Crippen molar-refractivity contribution >= 4 is 17.9 Å². The summed E-state index contributed by atoms with van der Waals surface area (Å²) in [4.78, 5) is 35.6. The van der Waals surface area contributed by atoms with E-state index >= 15 is 0 Å². The Hall–Kier alpha value is -3.93. The van der Waals surface area contributed by atoms with Crippen LogP contribution in [0, 0.1) is 0 Å². The molecule has 0 N–H and O–H groups in total. The molecule has 0 bridgehead atoms. The minimum absolute atomic E-state index is 0.0778. The van der Waals surface area contributed by atoms with Gasteiger partial charge in [0, 0.05) is 29.2 Å². The van der Waals surface area contributed by atoms with Crippen molar-refractivity contribution in [3.63, 3.8) is 0 Å². The van der Waals surface area contributed by atoms with Gasteiger partial charge in [0.05, 0.1) is 6.61 Å². The van der Waals surface area contributed by atoms with E-state index in [-0.39, 0.29) is 35.2 Å². The fraction of sp³-hybridized carbons (Fsp3) is 0.222. The van der Waals surface area contributed by atoms with Crippen molar-refractivity contribution in [1.82, 2.24) is 0 Å². The first kappa shape index (κ1) is 23.7. The maximum Gasteiger partial charge on any atom is 0.338 e. The summed E-state index contributed by atoms with van der Waals surface area (Å²) in [7, 11) is 0. The van der Waals surface area contributed by atoms with Crippen LogP contribution in [-0.2, 0) is 25.5 Å². The number of carbonyl (C=O) groups excluding carboxylic acids is 3. The molecule has 170 valence electrons. The molecule has 1 atom stereocenters. The Balaban J connectivity index is 1.97. The maximum atomic E-state index is 12.1. The molecule has 0 saturated heterocycles. The standard InChI is InChI=1S/C27H26O6/c1-6-25(28)31-15-20-10-8-18-7-9-19(13-24(18)20)21-11-22(32-26(29)16(2)3)14-23(12-21)33-27(30)17(4)5/h6-7,9,11-14,20H,1-2,4,8,10,15H2,3,5H3. The molecule has 0 spiro atoms. The number of fused-ring (bicyclic) bond motifs is 1. The van der Waals surface area contributed by atoms with E-state index in [1.54, 1.807) is 26.0 Å². The van der Waals surface area contributed by atoms with E-state index in [9.17, 15) is 14.4 Å². The highest BCUT2D eigenvalue weighted by Crippen LogP contribution is 2.38. The van der Waals surface area contributed by atoms with E-state index in [0.717, 1.165) is 30.0 Å². The molecule has 0 heterocycles. The number of benzene rings is 2. The third-order valence-electron chi connectivity index (χ3n) is 5.27. The maximum absolute atomic E-state index is 12.1. The smallest absolute Gasteiger partial charge is 0.338 e. The van der Waals surface area contributed by atoms with Gasteiger partial charge in [-0.3, -0.25) is 0 Å². The van der Waals surface area contributed by atoms with Crippen molar-refractivity contribution in [2.45, 2.75) is 32.6 Å². The second-order valence-corrected chi connectivity index (χ2v) is 8.02. The first-order valence-electron chi connectivity index (χ1n) is 10.5. The molecular weight excluding hydrogens is 420 g/mol. The molecule has 0 radical (unpaired) electrons. The van der Waals surface area contributed by atoms with Crippen molar-refractivity contribution in [1.29, 1.82) is 0 Å². The summed E-state index contributed by atoms with van der Waals surface area (Å²) in [6.07, 6.45) is 2.92. The molecule has 0 aliphatic heterocycles. The second kappa shape index (κ2) is 10.1. The minimum Gasteiger partial charge on any atom is -0.462 e. The predicted octanol–water partition coefficient (Wildman–Crippen LogP) is 5.08. The van der Waals surface area contributed by atoms with E-state index in [1.807, 2.05) is 18.2 Å². The lowest BCUT2D eigenvalue weighted by atomic mass is 9.96. The van der Waals surface area contributed by atoms with Crippen LogP contribution >= 0.6 is 0 Å². The zero-order valence-electron chi connectivity index (χ0n) is 18.8. The van der Waals surface area contributed by atoms with Crippen molar-refractivity contribution in [3.8, 4) is 22.6 Å². The van der Waals surface area contributed by atoms with Crippen LogP contribution in [0.4, 0.5) is 0 Å². The molecule has 2 aromatic carbocycles.